The molecule has 1 aliphatic heterocycles. The minimum Gasteiger partial charge on any atom is -0.439 e. The number of H-pyrrole nitrogens is 1. The summed E-state index contributed by atoms with van der Waals surface area (Å²) in [6, 6.07) is 13.8. The number of rotatable bonds is 7. The third-order valence-electron chi connectivity index (χ3n) is 6.91. The Balaban J connectivity index is 1.21. The SMILES string of the molecule is CC(=O)C(C)(C)N1CCN(Cc2cnc3cc(Oc4ccc(-c5ccn[nH]5)cn4)ccc3c2)CC1. The highest BCUT2D eigenvalue weighted by Crippen LogP contribution is 2.26. The maximum Gasteiger partial charge on any atom is 0.219 e. The van der Waals surface area contributed by atoms with Crippen LogP contribution in [0.1, 0.15) is 26.3 Å². The summed E-state index contributed by atoms with van der Waals surface area (Å²) < 4.78 is 5.95. The molecule has 0 radical (unpaired) electrons. The highest BCUT2D eigenvalue weighted by molar-refractivity contribution is 5.85. The van der Waals surface area contributed by atoms with Gasteiger partial charge in [-0.3, -0.25) is 24.7 Å². The minimum absolute atomic E-state index is 0.218. The fourth-order valence-electron chi connectivity index (χ4n) is 4.38. The Morgan fingerprint density at radius 3 is 2.54 bits per heavy atom. The van der Waals surface area contributed by atoms with Crippen molar-refractivity contribution in [3.8, 4) is 22.9 Å². The van der Waals surface area contributed by atoms with E-state index in [0.717, 1.165) is 54.9 Å². The van der Waals surface area contributed by atoms with Crippen LogP contribution >= 0.6 is 0 Å². The van der Waals surface area contributed by atoms with Crippen molar-refractivity contribution < 1.29 is 9.53 Å². The lowest BCUT2D eigenvalue weighted by molar-refractivity contribution is -0.128. The predicted octanol–water partition coefficient (Wildman–Crippen LogP) is 4.30. The second-order valence-electron chi connectivity index (χ2n) is 9.53. The van der Waals surface area contributed by atoms with Crippen LogP contribution in [0.5, 0.6) is 11.6 Å². The van der Waals surface area contributed by atoms with Gasteiger partial charge in [0.15, 0.2) is 0 Å². The largest absolute Gasteiger partial charge is 0.439 e. The predicted molar refractivity (Wildman–Crippen MR) is 135 cm³/mol. The van der Waals surface area contributed by atoms with Crippen LogP contribution in [0.3, 0.4) is 0 Å². The van der Waals surface area contributed by atoms with E-state index in [1.807, 2.05) is 56.4 Å². The zero-order chi connectivity index (χ0) is 24.4. The van der Waals surface area contributed by atoms with Gasteiger partial charge in [-0.1, -0.05) is 0 Å². The van der Waals surface area contributed by atoms with Gasteiger partial charge in [0.25, 0.3) is 0 Å². The summed E-state index contributed by atoms with van der Waals surface area (Å²) in [7, 11) is 0. The van der Waals surface area contributed by atoms with Crippen LogP contribution in [0, 0.1) is 0 Å². The molecule has 8 heteroatoms. The molecule has 1 fully saturated rings. The summed E-state index contributed by atoms with van der Waals surface area (Å²) in [4.78, 5) is 25.8. The first-order valence-electron chi connectivity index (χ1n) is 11.9. The van der Waals surface area contributed by atoms with E-state index in [4.69, 9.17) is 4.74 Å². The number of nitrogens with one attached hydrogen (secondary N) is 1. The van der Waals surface area contributed by atoms with Crippen LogP contribution in [0.25, 0.3) is 22.2 Å². The monoisotopic (exact) mass is 470 g/mol. The van der Waals surface area contributed by atoms with Gasteiger partial charge in [-0.25, -0.2) is 4.98 Å². The molecule has 1 aliphatic rings. The molecule has 0 amide bonds. The molecule has 0 unspecified atom stereocenters. The number of ketones is 1. The second-order valence-corrected chi connectivity index (χ2v) is 9.53. The van der Waals surface area contributed by atoms with Gasteiger partial charge in [0.2, 0.25) is 5.88 Å². The molecule has 35 heavy (non-hydrogen) atoms. The fourth-order valence-corrected chi connectivity index (χ4v) is 4.38. The standard InChI is InChI=1S/C27H30N6O2/c1-19(34)27(2,3)33-12-10-32(11-13-33)18-20-14-21-4-6-23(15-25(21)28-16-20)35-26-7-5-22(17-29-26)24-8-9-30-31-24/h4-9,14-17H,10-13,18H2,1-3H3,(H,30,31). The van der Waals surface area contributed by atoms with Crippen molar-refractivity contribution in [2.45, 2.75) is 32.9 Å². The molecule has 0 spiro atoms. The molecular weight excluding hydrogens is 440 g/mol. The maximum absolute atomic E-state index is 12.0. The van der Waals surface area contributed by atoms with Gasteiger partial charge in [0.1, 0.15) is 11.5 Å². The summed E-state index contributed by atoms with van der Waals surface area (Å²) in [6.45, 7) is 10.2. The van der Waals surface area contributed by atoms with Gasteiger partial charge >= 0.3 is 0 Å². The number of benzene rings is 1. The molecule has 0 bridgehead atoms. The van der Waals surface area contributed by atoms with Gasteiger partial charge in [0.05, 0.1) is 16.7 Å². The number of piperazine rings is 1. The number of hydrogen-bond donors (Lipinski definition) is 1. The first kappa shape index (κ1) is 23.1. The molecule has 1 aromatic carbocycles. The molecule has 1 saturated heterocycles. The molecule has 5 rings (SSSR count). The molecule has 3 aromatic heterocycles. The first-order valence-corrected chi connectivity index (χ1v) is 11.9. The summed E-state index contributed by atoms with van der Waals surface area (Å²) in [6.07, 6.45) is 5.41. The summed E-state index contributed by atoms with van der Waals surface area (Å²) in [5.74, 6) is 1.44. The number of hydrogen-bond acceptors (Lipinski definition) is 7. The van der Waals surface area contributed by atoms with E-state index < -0.39 is 5.54 Å². The number of fused-ring (bicyclic) bond motifs is 1. The third kappa shape index (κ3) is 5.08. The van der Waals surface area contributed by atoms with E-state index in [0.29, 0.717) is 11.6 Å². The fraction of sp³-hybridized carbons (Fsp3) is 0.333. The first-order chi connectivity index (χ1) is 16.9. The van der Waals surface area contributed by atoms with Crippen LogP contribution in [0.15, 0.2) is 61.1 Å². The molecule has 4 heterocycles. The quantitative estimate of drug-likeness (QED) is 0.431. The van der Waals surface area contributed by atoms with E-state index in [1.54, 1.807) is 19.3 Å². The van der Waals surface area contributed by atoms with E-state index in [9.17, 15) is 4.79 Å². The Bertz CT molecular complexity index is 1310. The Morgan fingerprint density at radius 2 is 1.86 bits per heavy atom. The van der Waals surface area contributed by atoms with Gasteiger partial charge in [-0.2, -0.15) is 5.10 Å². The van der Waals surface area contributed by atoms with E-state index in [1.165, 1.54) is 5.56 Å². The summed E-state index contributed by atoms with van der Waals surface area (Å²) >= 11 is 0. The number of carbonyl (C=O) groups is 1. The Morgan fingerprint density at radius 1 is 1.03 bits per heavy atom. The lowest BCUT2D eigenvalue weighted by Gasteiger charge is -2.42. The average Bonchev–Trinajstić information content (AvgIpc) is 3.40. The zero-order valence-corrected chi connectivity index (χ0v) is 20.4. The van der Waals surface area contributed by atoms with E-state index in [-0.39, 0.29) is 5.78 Å². The number of aromatic amines is 1. The van der Waals surface area contributed by atoms with Crippen molar-refractivity contribution in [2.75, 3.05) is 26.2 Å². The Kier molecular flexibility index (Phi) is 6.32. The second kappa shape index (κ2) is 9.56. The highest BCUT2D eigenvalue weighted by atomic mass is 16.5. The van der Waals surface area contributed by atoms with Crippen molar-refractivity contribution >= 4 is 16.7 Å². The average molecular weight is 471 g/mol. The van der Waals surface area contributed by atoms with Crippen LogP contribution in [-0.2, 0) is 11.3 Å². The maximum atomic E-state index is 12.0. The molecular formula is C27H30N6O2. The number of Topliss-reactive ketones (excluding diaryl/α,β-unsaturated/α-hetero) is 1. The van der Waals surface area contributed by atoms with Crippen LogP contribution < -0.4 is 4.74 Å². The van der Waals surface area contributed by atoms with Crippen molar-refractivity contribution in [3.63, 3.8) is 0 Å². The summed E-state index contributed by atoms with van der Waals surface area (Å²) in [5.41, 5.74) is 3.53. The van der Waals surface area contributed by atoms with Crippen molar-refractivity contribution in [1.29, 1.82) is 0 Å². The van der Waals surface area contributed by atoms with Gasteiger partial charge in [0, 0.05) is 74.4 Å². The number of pyridine rings is 2. The number of aromatic nitrogens is 4. The molecule has 0 saturated carbocycles. The van der Waals surface area contributed by atoms with Gasteiger partial charge in [-0.15, -0.1) is 0 Å². The summed E-state index contributed by atoms with van der Waals surface area (Å²) in [5, 5.41) is 7.97. The number of ether oxygens (including phenoxy) is 1. The molecule has 8 nitrogen and oxygen atoms in total. The third-order valence-corrected chi connectivity index (χ3v) is 6.91. The number of nitrogens with zero attached hydrogens (tertiary/aromatic N) is 5. The van der Waals surface area contributed by atoms with Crippen LogP contribution in [0.4, 0.5) is 0 Å². The van der Waals surface area contributed by atoms with Gasteiger partial charge in [-0.05, 0) is 56.7 Å². The van der Waals surface area contributed by atoms with E-state index >= 15 is 0 Å². The lowest BCUT2D eigenvalue weighted by Crippen LogP contribution is -2.57. The van der Waals surface area contributed by atoms with Gasteiger partial charge < -0.3 is 4.74 Å². The van der Waals surface area contributed by atoms with Crippen molar-refractivity contribution in [2.24, 2.45) is 0 Å². The Labute approximate surface area is 205 Å². The molecule has 4 aromatic rings. The normalized spacial score (nSPS) is 15.4. The minimum atomic E-state index is -0.395. The molecule has 1 N–H and O–H groups in total. The Hall–Kier alpha value is -3.62. The van der Waals surface area contributed by atoms with E-state index in [2.05, 4.69) is 36.0 Å². The zero-order valence-electron chi connectivity index (χ0n) is 20.4. The number of carbonyl (C=O) groups excluding carboxylic acids is 1. The topological polar surface area (TPSA) is 87.2 Å². The van der Waals surface area contributed by atoms with Crippen molar-refractivity contribution in [1.82, 2.24) is 30.0 Å². The molecule has 180 valence electrons. The van der Waals surface area contributed by atoms with Crippen LogP contribution in [-0.4, -0.2) is 67.5 Å². The lowest BCUT2D eigenvalue weighted by atomic mass is 9.97. The smallest absolute Gasteiger partial charge is 0.219 e. The molecule has 0 atom stereocenters. The highest BCUT2D eigenvalue weighted by Gasteiger charge is 2.33. The molecule has 0 aliphatic carbocycles. The van der Waals surface area contributed by atoms with Crippen molar-refractivity contribution in [3.05, 3.63) is 66.6 Å². The van der Waals surface area contributed by atoms with Crippen LogP contribution in [0.2, 0.25) is 0 Å².